The summed E-state index contributed by atoms with van der Waals surface area (Å²) in [4.78, 5) is 22.3. The minimum Gasteiger partial charge on any atom is -0.453 e. The molecule has 0 aromatic heterocycles. The summed E-state index contributed by atoms with van der Waals surface area (Å²) in [7, 11) is 0. The zero-order valence-electron chi connectivity index (χ0n) is 10.7. The van der Waals surface area contributed by atoms with Gasteiger partial charge < -0.3 is 14.8 Å². The van der Waals surface area contributed by atoms with Crippen LogP contribution in [0.25, 0.3) is 0 Å². The molecule has 1 N–H and O–H groups in total. The average Bonchev–Trinajstić information content (AvgIpc) is 2.31. The van der Waals surface area contributed by atoms with Crippen LogP contribution >= 0.6 is 11.6 Å². The molecule has 110 valence electrons. The van der Waals surface area contributed by atoms with Gasteiger partial charge in [-0.05, 0) is 25.1 Å². The van der Waals surface area contributed by atoms with E-state index in [1.807, 2.05) is 0 Å². The van der Waals surface area contributed by atoms with Gasteiger partial charge in [0.1, 0.15) is 5.75 Å². The normalized spacial score (nSPS) is 11.9. The van der Waals surface area contributed by atoms with Crippen LogP contribution in [0, 0.1) is 0 Å². The number of carbonyl (C=O) groups excluding carboxylic acids is 2. The SMILES string of the molecule is CC(=O)OC(C)C(=O)Nc1ccc(OC(F)F)c(Cl)c1. The summed E-state index contributed by atoms with van der Waals surface area (Å²) in [6, 6.07) is 3.78. The predicted molar refractivity (Wildman–Crippen MR) is 67.9 cm³/mol. The molecule has 0 saturated heterocycles. The Morgan fingerprint density at radius 1 is 1.35 bits per heavy atom. The quantitative estimate of drug-likeness (QED) is 0.850. The van der Waals surface area contributed by atoms with E-state index in [1.54, 1.807) is 0 Å². The summed E-state index contributed by atoms with van der Waals surface area (Å²) in [6.45, 7) is -0.416. The van der Waals surface area contributed by atoms with Gasteiger partial charge in [-0.3, -0.25) is 9.59 Å². The summed E-state index contributed by atoms with van der Waals surface area (Å²) < 4.78 is 32.9. The largest absolute Gasteiger partial charge is 0.453 e. The van der Waals surface area contributed by atoms with E-state index in [1.165, 1.54) is 32.0 Å². The lowest BCUT2D eigenvalue weighted by atomic mass is 10.3. The van der Waals surface area contributed by atoms with Crippen LogP contribution in [0.4, 0.5) is 14.5 Å². The third-order valence-corrected chi connectivity index (χ3v) is 2.42. The third-order valence-electron chi connectivity index (χ3n) is 2.13. The molecule has 1 atom stereocenters. The maximum absolute atomic E-state index is 12.0. The molecule has 0 saturated carbocycles. The maximum Gasteiger partial charge on any atom is 0.387 e. The molecule has 1 aromatic carbocycles. The monoisotopic (exact) mass is 307 g/mol. The zero-order chi connectivity index (χ0) is 15.3. The van der Waals surface area contributed by atoms with Crippen molar-refractivity contribution in [2.45, 2.75) is 26.6 Å². The first-order valence-electron chi connectivity index (χ1n) is 5.52. The third kappa shape index (κ3) is 5.00. The Balaban J connectivity index is 2.71. The van der Waals surface area contributed by atoms with E-state index in [-0.39, 0.29) is 16.5 Å². The van der Waals surface area contributed by atoms with Crippen molar-refractivity contribution in [1.29, 1.82) is 0 Å². The predicted octanol–water partition coefficient (Wildman–Crippen LogP) is 2.83. The Bertz CT molecular complexity index is 510. The van der Waals surface area contributed by atoms with Crippen LogP contribution in [0.2, 0.25) is 5.02 Å². The average molecular weight is 308 g/mol. The molecule has 0 bridgehead atoms. The van der Waals surface area contributed by atoms with E-state index in [2.05, 4.69) is 14.8 Å². The first-order valence-corrected chi connectivity index (χ1v) is 5.90. The van der Waals surface area contributed by atoms with Crippen molar-refractivity contribution in [3.63, 3.8) is 0 Å². The Morgan fingerprint density at radius 2 is 2.00 bits per heavy atom. The Hall–Kier alpha value is -1.89. The summed E-state index contributed by atoms with van der Waals surface area (Å²) in [5.74, 6) is -1.36. The second-order valence-corrected chi connectivity index (χ2v) is 4.17. The highest BCUT2D eigenvalue weighted by Gasteiger charge is 2.16. The number of hydrogen-bond acceptors (Lipinski definition) is 4. The number of esters is 1. The van der Waals surface area contributed by atoms with Crippen LogP contribution in [0.1, 0.15) is 13.8 Å². The first-order chi connectivity index (χ1) is 9.29. The van der Waals surface area contributed by atoms with Crippen molar-refractivity contribution in [2.24, 2.45) is 0 Å². The second-order valence-electron chi connectivity index (χ2n) is 3.76. The van der Waals surface area contributed by atoms with Crippen LogP contribution in [-0.4, -0.2) is 24.6 Å². The summed E-state index contributed by atoms with van der Waals surface area (Å²) in [5, 5.41) is 2.34. The fraction of sp³-hybridized carbons (Fsp3) is 0.333. The Kier molecular flexibility index (Phi) is 5.69. The molecule has 0 aliphatic rings. The van der Waals surface area contributed by atoms with Crippen molar-refractivity contribution >= 4 is 29.2 Å². The van der Waals surface area contributed by atoms with Gasteiger partial charge in [0, 0.05) is 12.6 Å². The van der Waals surface area contributed by atoms with Gasteiger partial charge in [-0.1, -0.05) is 11.6 Å². The van der Waals surface area contributed by atoms with E-state index >= 15 is 0 Å². The minimum absolute atomic E-state index is 0.0803. The summed E-state index contributed by atoms with van der Waals surface area (Å²) in [6.07, 6.45) is -0.983. The zero-order valence-corrected chi connectivity index (χ0v) is 11.4. The topological polar surface area (TPSA) is 64.6 Å². The number of benzene rings is 1. The molecule has 0 aliphatic heterocycles. The van der Waals surface area contributed by atoms with Crippen molar-refractivity contribution in [2.75, 3.05) is 5.32 Å². The van der Waals surface area contributed by atoms with E-state index in [0.29, 0.717) is 0 Å². The molecular formula is C12H12ClF2NO4. The number of carbonyl (C=O) groups is 2. The van der Waals surface area contributed by atoms with Crippen LogP contribution in [0.3, 0.4) is 0 Å². The number of ether oxygens (including phenoxy) is 2. The van der Waals surface area contributed by atoms with Gasteiger partial charge >= 0.3 is 12.6 Å². The summed E-state index contributed by atoms with van der Waals surface area (Å²) >= 11 is 5.73. The lowest BCUT2D eigenvalue weighted by Gasteiger charge is -2.13. The smallest absolute Gasteiger partial charge is 0.387 e. The van der Waals surface area contributed by atoms with Gasteiger partial charge in [0.25, 0.3) is 5.91 Å². The fourth-order valence-corrected chi connectivity index (χ4v) is 1.54. The highest BCUT2D eigenvalue weighted by Crippen LogP contribution is 2.28. The van der Waals surface area contributed by atoms with E-state index < -0.39 is 24.6 Å². The minimum atomic E-state index is -2.99. The molecule has 0 radical (unpaired) electrons. The molecule has 1 rings (SSSR count). The molecule has 0 aliphatic carbocycles. The molecule has 1 aromatic rings. The highest BCUT2D eigenvalue weighted by molar-refractivity contribution is 6.32. The number of anilines is 1. The molecule has 5 nitrogen and oxygen atoms in total. The molecule has 0 spiro atoms. The fourth-order valence-electron chi connectivity index (χ4n) is 1.32. The van der Waals surface area contributed by atoms with Crippen molar-refractivity contribution in [3.05, 3.63) is 23.2 Å². The van der Waals surface area contributed by atoms with Crippen molar-refractivity contribution < 1.29 is 27.8 Å². The van der Waals surface area contributed by atoms with E-state index in [9.17, 15) is 18.4 Å². The highest BCUT2D eigenvalue weighted by atomic mass is 35.5. The molecular weight excluding hydrogens is 296 g/mol. The van der Waals surface area contributed by atoms with Gasteiger partial charge in [0.15, 0.2) is 6.10 Å². The lowest BCUT2D eigenvalue weighted by molar-refractivity contribution is -0.150. The van der Waals surface area contributed by atoms with Crippen molar-refractivity contribution in [3.8, 4) is 5.75 Å². The number of rotatable bonds is 5. The number of alkyl halides is 2. The van der Waals surface area contributed by atoms with Crippen LogP contribution in [0.5, 0.6) is 5.75 Å². The van der Waals surface area contributed by atoms with Crippen LogP contribution in [0.15, 0.2) is 18.2 Å². The van der Waals surface area contributed by atoms with Gasteiger partial charge in [-0.25, -0.2) is 0 Å². The van der Waals surface area contributed by atoms with Gasteiger partial charge in [-0.2, -0.15) is 8.78 Å². The van der Waals surface area contributed by atoms with Gasteiger partial charge in [0.2, 0.25) is 0 Å². The molecule has 8 heteroatoms. The standard InChI is InChI=1S/C12H12ClF2NO4/c1-6(19-7(2)17)11(18)16-8-3-4-10(9(13)5-8)20-12(14)15/h3-6,12H,1-2H3,(H,16,18). The number of amides is 1. The van der Waals surface area contributed by atoms with Crippen LogP contribution in [-0.2, 0) is 14.3 Å². The number of nitrogens with one attached hydrogen (secondary N) is 1. The van der Waals surface area contributed by atoms with E-state index in [0.717, 1.165) is 0 Å². The van der Waals surface area contributed by atoms with Crippen LogP contribution < -0.4 is 10.1 Å². The lowest BCUT2D eigenvalue weighted by Crippen LogP contribution is -2.29. The second kappa shape index (κ2) is 7.04. The molecule has 20 heavy (non-hydrogen) atoms. The molecule has 0 heterocycles. The van der Waals surface area contributed by atoms with Crippen molar-refractivity contribution in [1.82, 2.24) is 0 Å². The number of hydrogen-bond donors (Lipinski definition) is 1. The molecule has 1 unspecified atom stereocenters. The maximum atomic E-state index is 12.0. The first kappa shape index (κ1) is 16.2. The Morgan fingerprint density at radius 3 is 2.50 bits per heavy atom. The van der Waals surface area contributed by atoms with Gasteiger partial charge in [0.05, 0.1) is 5.02 Å². The van der Waals surface area contributed by atoms with E-state index in [4.69, 9.17) is 11.6 Å². The number of halogens is 3. The summed E-state index contributed by atoms with van der Waals surface area (Å²) in [5.41, 5.74) is 0.264. The molecule has 0 fully saturated rings. The Labute approximate surface area is 118 Å². The molecule has 1 amide bonds. The van der Waals surface area contributed by atoms with Gasteiger partial charge in [-0.15, -0.1) is 0 Å².